The van der Waals surface area contributed by atoms with Crippen molar-refractivity contribution in [1.82, 2.24) is 0 Å². The van der Waals surface area contributed by atoms with E-state index in [9.17, 15) is 8.78 Å². The van der Waals surface area contributed by atoms with Gasteiger partial charge in [0.25, 0.3) is 0 Å². The first-order valence-corrected chi connectivity index (χ1v) is 3.84. The number of halogens is 2. The lowest BCUT2D eigenvalue weighted by Gasteiger charge is -2.04. The van der Waals surface area contributed by atoms with Crippen molar-refractivity contribution in [3.8, 4) is 0 Å². The molecule has 14 heavy (non-hydrogen) atoms. The third kappa shape index (κ3) is 2.26. The summed E-state index contributed by atoms with van der Waals surface area (Å²) in [5.74, 6) is -1.46. The first-order valence-electron chi connectivity index (χ1n) is 3.84. The SMILES string of the molecule is COC/C(=N\O)c1ccc(F)cc1F. The summed E-state index contributed by atoms with van der Waals surface area (Å²) in [5.41, 5.74) is 0.0424. The molecule has 0 radical (unpaired) electrons. The summed E-state index contributed by atoms with van der Waals surface area (Å²) in [6, 6.07) is 2.99. The van der Waals surface area contributed by atoms with E-state index in [-0.39, 0.29) is 17.9 Å². The van der Waals surface area contributed by atoms with E-state index >= 15 is 0 Å². The third-order valence-corrected chi connectivity index (χ3v) is 1.64. The second-order valence-electron chi connectivity index (χ2n) is 2.60. The van der Waals surface area contributed by atoms with Crippen molar-refractivity contribution in [2.45, 2.75) is 0 Å². The summed E-state index contributed by atoms with van der Waals surface area (Å²) < 4.78 is 30.3. The van der Waals surface area contributed by atoms with Gasteiger partial charge in [0.15, 0.2) is 0 Å². The predicted octanol–water partition coefficient (Wildman–Crippen LogP) is 1.79. The van der Waals surface area contributed by atoms with E-state index in [0.717, 1.165) is 12.1 Å². The minimum Gasteiger partial charge on any atom is -0.411 e. The van der Waals surface area contributed by atoms with Crippen molar-refractivity contribution in [3.05, 3.63) is 35.4 Å². The second kappa shape index (κ2) is 4.66. The number of hydrogen-bond acceptors (Lipinski definition) is 3. The zero-order chi connectivity index (χ0) is 10.6. The maximum Gasteiger partial charge on any atom is 0.135 e. The normalized spacial score (nSPS) is 11.8. The fraction of sp³-hybridized carbons (Fsp3) is 0.222. The summed E-state index contributed by atoms with van der Waals surface area (Å²) in [7, 11) is 1.38. The van der Waals surface area contributed by atoms with Crippen LogP contribution >= 0.6 is 0 Å². The van der Waals surface area contributed by atoms with Crippen LogP contribution in [0.5, 0.6) is 0 Å². The van der Waals surface area contributed by atoms with E-state index < -0.39 is 11.6 Å². The zero-order valence-corrected chi connectivity index (χ0v) is 7.50. The highest BCUT2D eigenvalue weighted by atomic mass is 19.1. The Balaban J connectivity index is 3.05. The molecule has 0 aromatic heterocycles. The highest BCUT2D eigenvalue weighted by molar-refractivity contribution is 6.01. The maximum absolute atomic E-state index is 13.1. The maximum atomic E-state index is 13.1. The minimum atomic E-state index is -0.783. The van der Waals surface area contributed by atoms with E-state index in [1.807, 2.05) is 0 Å². The molecule has 1 aromatic carbocycles. The Bertz CT molecular complexity index is 353. The Morgan fingerprint density at radius 2 is 2.21 bits per heavy atom. The average molecular weight is 201 g/mol. The molecule has 0 heterocycles. The second-order valence-corrected chi connectivity index (χ2v) is 2.60. The quantitative estimate of drug-likeness (QED) is 0.460. The lowest BCUT2D eigenvalue weighted by atomic mass is 10.1. The van der Waals surface area contributed by atoms with Crippen LogP contribution in [0.3, 0.4) is 0 Å². The molecule has 1 rings (SSSR count). The minimum absolute atomic E-state index is 0.0185. The van der Waals surface area contributed by atoms with Gasteiger partial charge in [-0.2, -0.15) is 0 Å². The van der Waals surface area contributed by atoms with Gasteiger partial charge in [-0.15, -0.1) is 0 Å². The van der Waals surface area contributed by atoms with Crippen LogP contribution in [0, 0.1) is 11.6 Å². The molecule has 0 spiro atoms. The van der Waals surface area contributed by atoms with Gasteiger partial charge in [-0.3, -0.25) is 0 Å². The molecule has 5 heteroatoms. The van der Waals surface area contributed by atoms with Crippen LogP contribution in [0.15, 0.2) is 23.4 Å². The van der Waals surface area contributed by atoms with Gasteiger partial charge in [0.05, 0.1) is 6.61 Å². The van der Waals surface area contributed by atoms with Crippen molar-refractivity contribution < 1.29 is 18.7 Å². The highest BCUT2D eigenvalue weighted by Gasteiger charge is 2.10. The first-order chi connectivity index (χ1) is 6.69. The lowest BCUT2D eigenvalue weighted by molar-refractivity contribution is 0.237. The number of hydrogen-bond donors (Lipinski definition) is 1. The van der Waals surface area contributed by atoms with Gasteiger partial charge in [-0.1, -0.05) is 5.16 Å². The van der Waals surface area contributed by atoms with E-state index in [1.54, 1.807) is 0 Å². The molecular formula is C9H9F2NO2. The van der Waals surface area contributed by atoms with Crippen molar-refractivity contribution in [1.29, 1.82) is 0 Å². The molecule has 0 saturated heterocycles. The number of methoxy groups -OCH3 is 1. The van der Waals surface area contributed by atoms with E-state index in [2.05, 4.69) is 9.89 Å². The number of oxime groups is 1. The molecular weight excluding hydrogens is 192 g/mol. The summed E-state index contributed by atoms with van der Waals surface area (Å²) in [4.78, 5) is 0. The first kappa shape index (κ1) is 10.6. The Morgan fingerprint density at radius 1 is 1.50 bits per heavy atom. The van der Waals surface area contributed by atoms with Gasteiger partial charge in [0.2, 0.25) is 0 Å². The number of ether oxygens (including phenoxy) is 1. The van der Waals surface area contributed by atoms with Crippen LogP contribution in [-0.4, -0.2) is 24.6 Å². The summed E-state index contributed by atoms with van der Waals surface area (Å²) >= 11 is 0. The van der Waals surface area contributed by atoms with E-state index in [0.29, 0.717) is 0 Å². The molecule has 0 bridgehead atoms. The van der Waals surface area contributed by atoms with Gasteiger partial charge in [0.1, 0.15) is 17.3 Å². The fourth-order valence-electron chi connectivity index (χ4n) is 1.02. The summed E-state index contributed by atoms with van der Waals surface area (Å²) in [6.07, 6.45) is 0. The standard InChI is InChI=1S/C9H9F2NO2/c1-14-5-9(12-13)7-3-2-6(10)4-8(7)11/h2-4,13H,5H2,1H3/b12-9+. The van der Waals surface area contributed by atoms with Crippen LogP contribution in [-0.2, 0) is 4.74 Å². The average Bonchev–Trinajstić information content (AvgIpc) is 2.15. The topological polar surface area (TPSA) is 41.8 Å². The smallest absolute Gasteiger partial charge is 0.135 e. The molecule has 0 amide bonds. The molecule has 0 aliphatic rings. The lowest BCUT2D eigenvalue weighted by Crippen LogP contribution is -2.11. The van der Waals surface area contributed by atoms with Crippen LogP contribution in [0.4, 0.5) is 8.78 Å². The molecule has 3 nitrogen and oxygen atoms in total. The molecule has 0 unspecified atom stereocenters. The molecule has 0 atom stereocenters. The van der Waals surface area contributed by atoms with Gasteiger partial charge >= 0.3 is 0 Å². The van der Waals surface area contributed by atoms with Gasteiger partial charge in [-0.05, 0) is 12.1 Å². The third-order valence-electron chi connectivity index (χ3n) is 1.64. The van der Waals surface area contributed by atoms with Crippen LogP contribution in [0.2, 0.25) is 0 Å². The molecule has 0 saturated carbocycles. The molecule has 0 aliphatic heterocycles. The Hall–Kier alpha value is -1.49. The van der Waals surface area contributed by atoms with E-state index in [1.165, 1.54) is 13.2 Å². The van der Waals surface area contributed by atoms with Crippen molar-refractivity contribution in [2.75, 3.05) is 13.7 Å². The predicted molar refractivity (Wildman–Crippen MR) is 46.6 cm³/mol. The summed E-state index contributed by atoms with van der Waals surface area (Å²) in [6.45, 7) is -0.0426. The van der Waals surface area contributed by atoms with Crippen molar-refractivity contribution in [2.24, 2.45) is 5.16 Å². The molecule has 1 aromatic rings. The molecule has 1 N–H and O–H groups in total. The number of nitrogens with zero attached hydrogens (tertiary/aromatic N) is 1. The largest absolute Gasteiger partial charge is 0.411 e. The van der Waals surface area contributed by atoms with E-state index in [4.69, 9.17) is 5.21 Å². The number of rotatable bonds is 3. The van der Waals surface area contributed by atoms with Crippen molar-refractivity contribution >= 4 is 5.71 Å². The number of benzene rings is 1. The Labute approximate surface area is 79.6 Å². The Kier molecular flexibility index (Phi) is 3.53. The fourth-order valence-corrected chi connectivity index (χ4v) is 1.02. The van der Waals surface area contributed by atoms with Crippen LogP contribution in [0.25, 0.3) is 0 Å². The van der Waals surface area contributed by atoms with Crippen LogP contribution < -0.4 is 0 Å². The monoisotopic (exact) mass is 201 g/mol. The zero-order valence-electron chi connectivity index (χ0n) is 7.50. The molecule has 0 fully saturated rings. The van der Waals surface area contributed by atoms with Crippen LogP contribution in [0.1, 0.15) is 5.56 Å². The highest BCUT2D eigenvalue weighted by Crippen LogP contribution is 2.10. The summed E-state index contributed by atoms with van der Waals surface area (Å²) in [5, 5.41) is 11.4. The van der Waals surface area contributed by atoms with Crippen molar-refractivity contribution in [3.63, 3.8) is 0 Å². The van der Waals surface area contributed by atoms with Gasteiger partial charge < -0.3 is 9.94 Å². The van der Waals surface area contributed by atoms with Gasteiger partial charge in [-0.25, -0.2) is 8.78 Å². The molecule has 76 valence electrons. The molecule has 0 aliphatic carbocycles. The van der Waals surface area contributed by atoms with Gasteiger partial charge in [0, 0.05) is 18.7 Å². The Morgan fingerprint density at radius 3 is 2.71 bits per heavy atom.